The summed E-state index contributed by atoms with van der Waals surface area (Å²) in [6, 6.07) is 22.7. The summed E-state index contributed by atoms with van der Waals surface area (Å²) in [5, 5.41) is 10.4. The maximum absolute atomic E-state index is 14.0. The number of pyridine rings is 1. The third kappa shape index (κ3) is 5.27. The fourth-order valence-corrected chi connectivity index (χ4v) is 4.06. The van der Waals surface area contributed by atoms with Crippen LogP contribution in [0.15, 0.2) is 90.1 Å². The van der Waals surface area contributed by atoms with E-state index in [0.717, 1.165) is 16.8 Å². The van der Waals surface area contributed by atoms with Gasteiger partial charge in [0, 0.05) is 23.5 Å². The zero-order valence-corrected chi connectivity index (χ0v) is 20.7. The van der Waals surface area contributed by atoms with Crippen molar-refractivity contribution in [1.82, 2.24) is 9.38 Å². The number of hydrogen-bond acceptors (Lipinski definition) is 5. The summed E-state index contributed by atoms with van der Waals surface area (Å²) < 4.78 is 27.2. The minimum atomic E-state index is -0.401. The van der Waals surface area contributed by atoms with Crippen LogP contribution in [0.3, 0.4) is 0 Å². The van der Waals surface area contributed by atoms with E-state index in [1.165, 1.54) is 6.07 Å². The van der Waals surface area contributed by atoms with Crippen molar-refractivity contribution in [2.45, 2.75) is 13.5 Å². The van der Waals surface area contributed by atoms with Crippen LogP contribution in [0.4, 0.5) is 10.2 Å². The first-order valence-corrected chi connectivity index (χ1v) is 12.0. The number of benzene rings is 3. The number of nitrogens with zero attached hydrogens (tertiary/aromatic N) is 3. The average Bonchev–Trinajstić information content (AvgIpc) is 3.28. The number of hydrogen-bond donors (Lipinski definition) is 1. The monoisotopic (exact) mass is 515 g/mol. The number of aliphatic imine (C=N–C) groups is 1. The van der Waals surface area contributed by atoms with Gasteiger partial charge in [0.1, 0.15) is 29.5 Å². The van der Waals surface area contributed by atoms with Gasteiger partial charge in [-0.2, -0.15) is 0 Å². The van der Waals surface area contributed by atoms with Gasteiger partial charge in [-0.15, -0.1) is 0 Å². The normalized spacial score (nSPS) is 11.3. The molecule has 1 N–H and O–H groups in total. The van der Waals surface area contributed by atoms with Gasteiger partial charge in [-0.25, -0.2) is 14.4 Å². The summed E-state index contributed by atoms with van der Waals surface area (Å²) >= 11 is 6.08. The zero-order valence-electron chi connectivity index (χ0n) is 19.9. The molecular weight excluding hydrogens is 493 g/mol. The first-order chi connectivity index (χ1) is 18.0. The molecule has 5 aromatic rings. The number of fused-ring (bicyclic) bond motifs is 1. The van der Waals surface area contributed by atoms with Gasteiger partial charge >= 0.3 is 0 Å². The molecule has 37 heavy (non-hydrogen) atoms. The topological polar surface area (TPSA) is 68.4 Å². The number of halogens is 2. The third-order valence-electron chi connectivity index (χ3n) is 5.70. The highest BCUT2D eigenvalue weighted by Crippen LogP contribution is 2.36. The van der Waals surface area contributed by atoms with Crippen LogP contribution < -0.4 is 9.47 Å². The summed E-state index contributed by atoms with van der Waals surface area (Å²) in [6.07, 6.45) is 3.63. The molecule has 186 valence electrons. The lowest BCUT2D eigenvalue weighted by Crippen LogP contribution is -1.99. The van der Waals surface area contributed by atoms with Crippen molar-refractivity contribution in [3.05, 3.63) is 107 Å². The minimum absolute atomic E-state index is 0.0283. The van der Waals surface area contributed by atoms with Crippen LogP contribution in [-0.4, -0.2) is 27.3 Å². The molecule has 0 saturated heterocycles. The molecule has 0 fully saturated rings. The number of aromatic hydroxyl groups is 1. The van der Waals surface area contributed by atoms with Crippen molar-refractivity contribution in [1.29, 1.82) is 0 Å². The highest BCUT2D eigenvalue weighted by Gasteiger charge is 2.15. The lowest BCUT2D eigenvalue weighted by molar-refractivity contribution is 0.300. The fraction of sp³-hybridized carbons (Fsp3) is 0.103. The van der Waals surface area contributed by atoms with Crippen LogP contribution in [0.2, 0.25) is 5.02 Å². The van der Waals surface area contributed by atoms with E-state index in [1.807, 2.05) is 47.9 Å². The van der Waals surface area contributed by atoms with Crippen LogP contribution >= 0.6 is 11.6 Å². The van der Waals surface area contributed by atoms with Gasteiger partial charge in [0.2, 0.25) is 0 Å². The fourth-order valence-electron chi connectivity index (χ4n) is 3.84. The van der Waals surface area contributed by atoms with Crippen LogP contribution in [0, 0.1) is 5.82 Å². The van der Waals surface area contributed by atoms with Crippen LogP contribution in [0.25, 0.3) is 16.9 Å². The second kappa shape index (κ2) is 10.7. The van der Waals surface area contributed by atoms with Gasteiger partial charge < -0.3 is 14.6 Å². The summed E-state index contributed by atoms with van der Waals surface area (Å²) in [6.45, 7) is 2.32. The number of phenolic OH excluding ortho intramolecular Hbond substituents is 1. The van der Waals surface area contributed by atoms with Crippen LogP contribution in [0.5, 0.6) is 17.2 Å². The lowest BCUT2D eigenvalue weighted by atomic mass is 10.1. The van der Waals surface area contributed by atoms with E-state index in [-0.39, 0.29) is 12.4 Å². The van der Waals surface area contributed by atoms with E-state index in [9.17, 15) is 9.50 Å². The van der Waals surface area contributed by atoms with Crippen molar-refractivity contribution < 1.29 is 19.0 Å². The molecule has 8 heteroatoms. The molecule has 2 heterocycles. The Balaban J connectivity index is 1.41. The Labute approximate surface area is 218 Å². The maximum atomic E-state index is 14.0. The Hall–Kier alpha value is -4.36. The van der Waals surface area contributed by atoms with E-state index in [1.54, 1.807) is 48.7 Å². The molecule has 2 aromatic heterocycles. The Bertz CT molecular complexity index is 1560. The molecule has 3 aromatic carbocycles. The molecule has 0 atom stereocenters. The molecule has 0 radical (unpaired) electrons. The predicted octanol–water partition coefficient (Wildman–Crippen LogP) is 7.23. The number of imidazole rings is 1. The molecule has 0 aliphatic rings. The number of rotatable bonds is 8. The average molecular weight is 516 g/mol. The second-order valence-corrected chi connectivity index (χ2v) is 8.55. The van der Waals surface area contributed by atoms with Crippen LogP contribution in [0.1, 0.15) is 18.1 Å². The lowest BCUT2D eigenvalue weighted by Gasteiger charge is -2.09. The number of ether oxygens (including phenoxy) is 2. The molecular formula is C29H23ClFN3O3. The van der Waals surface area contributed by atoms with Crippen molar-refractivity contribution in [2.75, 3.05) is 6.61 Å². The highest BCUT2D eigenvalue weighted by atomic mass is 35.5. The van der Waals surface area contributed by atoms with Gasteiger partial charge in [0.25, 0.3) is 0 Å². The molecule has 0 amide bonds. The molecule has 0 saturated carbocycles. The Morgan fingerprint density at radius 1 is 1.03 bits per heavy atom. The molecule has 0 bridgehead atoms. The molecule has 0 aliphatic carbocycles. The van der Waals surface area contributed by atoms with Crippen molar-refractivity contribution in [2.24, 2.45) is 4.99 Å². The predicted molar refractivity (Wildman–Crippen MR) is 143 cm³/mol. The minimum Gasteiger partial charge on any atom is -0.504 e. The molecule has 0 unspecified atom stereocenters. The molecule has 6 nitrogen and oxygen atoms in total. The number of aromatic nitrogens is 2. The summed E-state index contributed by atoms with van der Waals surface area (Å²) in [7, 11) is 0. The van der Waals surface area contributed by atoms with Crippen molar-refractivity contribution in [3.8, 4) is 28.5 Å². The second-order valence-electron chi connectivity index (χ2n) is 8.14. The summed E-state index contributed by atoms with van der Waals surface area (Å²) in [5.74, 6) is 1.28. The summed E-state index contributed by atoms with van der Waals surface area (Å²) in [4.78, 5) is 9.51. The summed E-state index contributed by atoms with van der Waals surface area (Å²) in [5.41, 5.74) is 3.33. The number of phenols is 1. The van der Waals surface area contributed by atoms with Crippen LogP contribution in [-0.2, 0) is 6.61 Å². The first kappa shape index (κ1) is 24.3. The van der Waals surface area contributed by atoms with Gasteiger partial charge in [-0.05, 0) is 79.2 Å². The van der Waals surface area contributed by atoms with Gasteiger partial charge in [0.05, 0.1) is 11.6 Å². The zero-order chi connectivity index (χ0) is 25.8. The van der Waals surface area contributed by atoms with E-state index in [4.69, 9.17) is 31.1 Å². The van der Waals surface area contributed by atoms with Gasteiger partial charge in [-0.3, -0.25) is 4.40 Å². The van der Waals surface area contributed by atoms with E-state index < -0.39 is 5.82 Å². The smallest absolute Gasteiger partial charge is 0.165 e. The van der Waals surface area contributed by atoms with Gasteiger partial charge in [0.15, 0.2) is 17.3 Å². The Morgan fingerprint density at radius 2 is 1.86 bits per heavy atom. The van der Waals surface area contributed by atoms with E-state index in [2.05, 4.69) is 0 Å². The molecule has 5 rings (SSSR count). The Morgan fingerprint density at radius 3 is 2.65 bits per heavy atom. The standard InChI is InChI=1S/C29H23ClFN3O3/c1-2-36-26-16-20(11-14-25(26)35)28-29(34-15-4-3-8-27(34)33-28)32-17-19-9-12-21(13-10-19)37-18-22-23(30)6-5-7-24(22)31/h3-17,35H,2,18H2,1H3/b32-17+. The Kier molecular flexibility index (Phi) is 7.05. The van der Waals surface area contributed by atoms with E-state index in [0.29, 0.717) is 40.2 Å². The van der Waals surface area contributed by atoms with Gasteiger partial charge in [-0.1, -0.05) is 23.7 Å². The quantitative estimate of drug-likeness (QED) is 0.221. The van der Waals surface area contributed by atoms with Crippen molar-refractivity contribution >= 4 is 29.3 Å². The maximum Gasteiger partial charge on any atom is 0.165 e. The van der Waals surface area contributed by atoms with Crippen molar-refractivity contribution in [3.63, 3.8) is 0 Å². The largest absolute Gasteiger partial charge is 0.504 e. The van der Waals surface area contributed by atoms with E-state index >= 15 is 0 Å². The third-order valence-corrected chi connectivity index (χ3v) is 6.05. The highest BCUT2D eigenvalue weighted by molar-refractivity contribution is 6.31. The molecule has 0 spiro atoms. The SMILES string of the molecule is CCOc1cc(-c2nc3ccccn3c2/N=C/c2ccc(OCc3c(F)cccc3Cl)cc2)ccc1O. The molecule has 0 aliphatic heterocycles. The first-order valence-electron chi connectivity index (χ1n) is 11.7.